The van der Waals surface area contributed by atoms with Crippen LogP contribution in [0.3, 0.4) is 0 Å². The van der Waals surface area contributed by atoms with Crippen molar-refractivity contribution in [3.8, 4) is 0 Å². The Morgan fingerprint density at radius 1 is 1.57 bits per heavy atom. The molecule has 0 aliphatic heterocycles. The fourth-order valence-electron chi connectivity index (χ4n) is 1.13. The van der Waals surface area contributed by atoms with E-state index in [1.807, 2.05) is 0 Å². The van der Waals surface area contributed by atoms with E-state index in [4.69, 9.17) is 0 Å². The summed E-state index contributed by atoms with van der Waals surface area (Å²) < 4.78 is 0. The Balaban J connectivity index is 3.35. The zero-order valence-corrected chi connectivity index (χ0v) is 7.69. The van der Waals surface area contributed by atoms with Crippen molar-refractivity contribution in [1.82, 2.24) is 0 Å². The molecule has 0 spiro atoms. The number of nitro groups is 1. The molecule has 0 radical (unpaired) electrons. The molecular weight excluding hydrogens is 182 g/mol. The van der Waals surface area contributed by atoms with Gasteiger partial charge in [0.1, 0.15) is 6.29 Å². The second-order valence-electron chi connectivity index (χ2n) is 2.92. The van der Waals surface area contributed by atoms with Crippen LogP contribution in [0.5, 0.6) is 0 Å². The predicted octanol–water partition coefficient (Wildman–Crippen LogP) is 2.12. The van der Waals surface area contributed by atoms with Gasteiger partial charge in [-0.2, -0.15) is 0 Å². The van der Waals surface area contributed by atoms with Crippen LogP contribution >= 0.6 is 0 Å². The average molecular weight is 191 g/mol. The molecule has 0 aliphatic carbocycles. The standard InChI is InChI=1S/C10H9NO3/c1-7-3-4-9(8(2)6-12)10(5-7)11(13)14/h3-6H,2H2,1H3. The Morgan fingerprint density at radius 2 is 2.21 bits per heavy atom. The van der Waals surface area contributed by atoms with E-state index in [9.17, 15) is 14.9 Å². The lowest BCUT2D eigenvalue weighted by Crippen LogP contribution is -1.95. The van der Waals surface area contributed by atoms with Gasteiger partial charge in [-0.1, -0.05) is 12.6 Å². The first-order valence-electron chi connectivity index (χ1n) is 3.95. The molecule has 4 heteroatoms. The first-order valence-corrected chi connectivity index (χ1v) is 3.95. The minimum absolute atomic E-state index is 0.0814. The van der Waals surface area contributed by atoms with Crippen LogP contribution in [0.2, 0.25) is 0 Å². The Hall–Kier alpha value is -1.97. The normalized spacial score (nSPS) is 9.50. The van der Waals surface area contributed by atoms with Crippen LogP contribution in [0.25, 0.3) is 5.57 Å². The smallest absolute Gasteiger partial charge is 0.277 e. The molecule has 0 unspecified atom stereocenters. The summed E-state index contributed by atoms with van der Waals surface area (Å²) in [6, 6.07) is 4.66. The molecule has 0 heterocycles. The second kappa shape index (κ2) is 3.83. The van der Waals surface area contributed by atoms with Gasteiger partial charge >= 0.3 is 0 Å². The summed E-state index contributed by atoms with van der Waals surface area (Å²) in [5.74, 6) is 0. The first-order chi connectivity index (χ1) is 6.56. The van der Waals surface area contributed by atoms with E-state index < -0.39 is 4.92 Å². The Labute approximate surface area is 81.0 Å². The maximum Gasteiger partial charge on any atom is 0.277 e. The number of carbonyl (C=O) groups is 1. The number of nitrogens with zero attached hydrogens (tertiary/aromatic N) is 1. The van der Waals surface area contributed by atoms with E-state index in [0.29, 0.717) is 6.29 Å². The number of aldehydes is 1. The first kappa shape index (κ1) is 10.1. The summed E-state index contributed by atoms with van der Waals surface area (Å²) in [6.07, 6.45) is 0.512. The molecule has 0 aliphatic rings. The van der Waals surface area contributed by atoms with Crippen molar-refractivity contribution < 1.29 is 9.72 Å². The van der Waals surface area contributed by atoms with Crippen LogP contribution in [0.15, 0.2) is 24.8 Å². The van der Waals surface area contributed by atoms with Crippen molar-refractivity contribution in [3.05, 3.63) is 46.0 Å². The molecular formula is C10H9NO3. The number of hydrogen-bond acceptors (Lipinski definition) is 3. The third kappa shape index (κ3) is 1.85. The zero-order valence-electron chi connectivity index (χ0n) is 7.69. The maximum absolute atomic E-state index is 10.6. The van der Waals surface area contributed by atoms with Crippen LogP contribution in [-0.4, -0.2) is 11.2 Å². The highest BCUT2D eigenvalue weighted by Gasteiger charge is 2.15. The summed E-state index contributed by atoms with van der Waals surface area (Å²) in [7, 11) is 0. The van der Waals surface area contributed by atoms with E-state index in [0.717, 1.165) is 5.56 Å². The van der Waals surface area contributed by atoms with Gasteiger partial charge in [-0.25, -0.2) is 0 Å². The van der Waals surface area contributed by atoms with Crippen molar-refractivity contribution >= 4 is 17.5 Å². The van der Waals surface area contributed by atoms with Crippen LogP contribution in [0.4, 0.5) is 5.69 Å². The fraction of sp³-hybridized carbons (Fsp3) is 0.100. The number of nitro benzene ring substituents is 1. The molecule has 0 bridgehead atoms. The van der Waals surface area contributed by atoms with Gasteiger partial charge in [0.2, 0.25) is 0 Å². The number of aryl methyl sites for hydroxylation is 1. The molecule has 4 nitrogen and oxygen atoms in total. The van der Waals surface area contributed by atoms with Gasteiger partial charge in [-0.15, -0.1) is 0 Å². The minimum Gasteiger partial charge on any atom is -0.298 e. The van der Waals surface area contributed by atoms with Gasteiger partial charge < -0.3 is 0 Å². The van der Waals surface area contributed by atoms with Crippen molar-refractivity contribution in [2.24, 2.45) is 0 Å². The van der Waals surface area contributed by atoms with E-state index in [2.05, 4.69) is 6.58 Å². The van der Waals surface area contributed by atoms with Crippen molar-refractivity contribution in [1.29, 1.82) is 0 Å². The molecule has 0 atom stereocenters. The van der Waals surface area contributed by atoms with Crippen LogP contribution in [-0.2, 0) is 4.79 Å². The summed E-state index contributed by atoms with van der Waals surface area (Å²) in [6.45, 7) is 5.19. The topological polar surface area (TPSA) is 60.2 Å². The summed E-state index contributed by atoms with van der Waals surface area (Å²) in [4.78, 5) is 20.6. The SMILES string of the molecule is C=C(C=O)c1ccc(C)cc1[N+](=O)[O-]. The summed E-state index contributed by atoms with van der Waals surface area (Å²) >= 11 is 0. The quantitative estimate of drug-likeness (QED) is 0.318. The molecule has 1 rings (SSSR count). The molecule has 0 N–H and O–H groups in total. The van der Waals surface area contributed by atoms with Crippen molar-refractivity contribution in [2.75, 3.05) is 0 Å². The summed E-state index contributed by atoms with van der Waals surface area (Å²) in [5.41, 5.74) is 1.09. The molecule has 1 aromatic rings. The number of hydrogen-bond donors (Lipinski definition) is 0. The Morgan fingerprint density at radius 3 is 2.71 bits per heavy atom. The third-order valence-corrected chi connectivity index (χ3v) is 1.84. The Bertz CT molecular complexity index is 410. The Kier molecular flexibility index (Phi) is 2.76. The van der Waals surface area contributed by atoms with Gasteiger partial charge in [0.05, 0.1) is 10.5 Å². The molecule has 72 valence electrons. The highest BCUT2D eigenvalue weighted by atomic mass is 16.6. The van der Waals surface area contributed by atoms with Gasteiger partial charge in [-0.3, -0.25) is 14.9 Å². The van der Waals surface area contributed by atoms with Gasteiger partial charge in [0.25, 0.3) is 5.69 Å². The second-order valence-corrected chi connectivity index (χ2v) is 2.92. The molecule has 0 fully saturated rings. The highest BCUT2D eigenvalue weighted by molar-refractivity contribution is 6.07. The van der Waals surface area contributed by atoms with E-state index in [1.54, 1.807) is 13.0 Å². The molecule has 0 saturated carbocycles. The fourth-order valence-corrected chi connectivity index (χ4v) is 1.13. The number of carbonyl (C=O) groups excluding carboxylic acids is 1. The van der Waals surface area contributed by atoms with Crippen molar-refractivity contribution in [2.45, 2.75) is 6.92 Å². The molecule has 1 aromatic carbocycles. The van der Waals surface area contributed by atoms with Gasteiger partial charge in [0.15, 0.2) is 0 Å². The van der Waals surface area contributed by atoms with Gasteiger partial charge in [0, 0.05) is 11.6 Å². The average Bonchev–Trinajstić information content (AvgIpc) is 2.16. The minimum atomic E-state index is -0.517. The van der Waals surface area contributed by atoms with Crippen LogP contribution in [0, 0.1) is 17.0 Å². The number of allylic oxidation sites excluding steroid dienone is 1. The van der Waals surface area contributed by atoms with E-state index >= 15 is 0 Å². The van der Waals surface area contributed by atoms with Crippen LogP contribution in [0.1, 0.15) is 11.1 Å². The lowest BCUT2D eigenvalue weighted by atomic mass is 10.0. The summed E-state index contributed by atoms with van der Waals surface area (Å²) in [5, 5.41) is 10.6. The lowest BCUT2D eigenvalue weighted by molar-refractivity contribution is -0.385. The monoisotopic (exact) mass is 191 g/mol. The highest BCUT2D eigenvalue weighted by Crippen LogP contribution is 2.24. The maximum atomic E-state index is 10.6. The molecule has 0 aromatic heterocycles. The zero-order chi connectivity index (χ0) is 10.7. The number of rotatable bonds is 3. The van der Waals surface area contributed by atoms with Crippen molar-refractivity contribution in [3.63, 3.8) is 0 Å². The molecule has 0 amide bonds. The van der Waals surface area contributed by atoms with Crippen LogP contribution < -0.4 is 0 Å². The largest absolute Gasteiger partial charge is 0.298 e. The van der Waals surface area contributed by atoms with E-state index in [-0.39, 0.29) is 16.8 Å². The lowest BCUT2D eigenvalue weighted by Gasteiger charge is -2.01. The predicted molar refractivity (Wildman–Crippen MR) is 52.9 cm³/mol. The number of benzene rings is 1. The van der Waals surface area contributed by atoms with E-state index in [1.165, 1.54) is 12.1 Å². The van der Waals surface area contributed by atoms with Gasteiger partial charge in [-0.05, 0) is 18.6 Å². The molecule has 14 heavy (non-hydrogen) atoms. The third-order valence-electron chi connectivity index (χ3n) is 1.84. The molecule has 0 saturated heterocycles.